The first kappa shape index (κ1) is 15.3. The molecular weight excluding hydrogens is 272 g/mol. The number of carbonyl (C=O) groups is 2. The molecule has 1 fully saturated rings. The van der Waals surface area contributed by atoms with E-state index in [9.17, 15) is 9.59 Å². The molecule has 0 bridgehead atoms. The second-order valence-corrected chi connectivity index (χ2v) is 5.53. The summed E-state index contributed by atoms with van der Waals surface area (Å²) in [6, 6.07) is -0.138. The Morgan fingerprint density at radius 3 is 2.43 bits per heavy atom. The lowest BCUT2D eigenvalue weighted by atomic mass is 9.97. The third kappa shape index (κ3) is 3.34. The van der Waals surface area contributed by atoms with Gasteiger partial charge in [-0.05, 0) is 26.7 Å². The standard InChI is InChI=1S/C14H22N4O3/c1-9-12(10(2)17(3)16-9)8-15-14(21)18-6-4-11(5-7-18)13(19)20/h11H,4-8H2,1-3H3,(H,15,21)(H,19,20). The average molecular weight is 294 g/mol. The molecule has 0 atom stereocenters. The van der Waals surface area contributed by atoms with E-state index in [4.69, 9.17) is 5.11 Å². The summed E-state index contributed by atoms with van der Waals surface area (Å²) in [5.74, 6) is -1.09. The van der Waals surface area contributed by atoms with Crippen molar-refractivity contribution >= 4 is 12.0 Å². The average Bonchev–Trinajstić information content (AvgIpc) is 2.70. The Labute approximate surface area is 123 Å². The molecule has 0 spiro atoms. The van der Waals surface area contributed by atoms with Gasteiger partial charge in [0.25, 0.3) is 0 Å². The Morgan fingerprint density at radius 2 is 1.95 bits per heavy atom. The Kier molecular flexibility index (Phi) is 4.50. The molecule has 0 radical (unpaired) electrons. The van der Waals surface area contributed by atoms with Crippen molar-refractivity contribution in [2.24, 2.45) is 13.0 Å². The number of nitrogens with one attached hydrogen (secondary N) is 1. The zero-order valence-electron chi connectivity index (χ0n) is 12.7. The predicted octanol–water partition coefficient (Wildman–Crippen LogP) is 1.04. The Morgan fingerprint density at radius 1 is 1.33 bits per heavy atom. The van der Waals surface area contributed by atoms with Crippen molar-refractivity contribution in [1.82, 2.24) is 20.0 Å². The molecule has 2 heterocycles. The summed E-state index contributed by atoms with van der Waals surface area (Å²) in [5.41, 5.74) is 2.99. The molecule has 0 aromatic carbocycles. The quantitative estimate of drug-likeness (QED) is 0.872. The van der Waals surface area contributed by atoms with Crippen molar-refractivity contribution in [1.29, 1.82) is 0 Å². The van der Waals surface area contributed by atoms with Gasteiger partial charge in [0.1, 0.15) is 0 Å². The number of aliphatic carboxylic acids is 1. The minimum atomic E-state index is -0.767. The minimum absolute atomic E-state index is 0.138. The first-order valence-electron chi connectivity index (χ1n) is 7.14. The number of amides is 2. The van der Waals surface area contributed by atoms with Crippen molar-refractivity contribution < 1.29 is 14.7 Å². The molecule has 0 saturated carbocycles. The molecule has 0 aliphatic carbocycles. The fourth-order valence-electron chi connectivity index (χ4n) is 2.68. The number of likely N-dealkylation sites (tertiary alicyclic amines) is 1. The van der Waals surface area contributed by atoms with Crippen LogP contribution in [0.5, 0.6) is 0 Å². The van der Waals surface area contributed by atoms with Crippen LogP contribution in [0.2, 0.25) is 0 Å². The van der Waals surface area contributed by atoms with Crippen LogP contribution in [0.1, 0.15) is 29.8 Å². The molecular formula is C14H22N4O3. The Balaban J connectivity index is 1.87. The van der Waals surface area contributed by atoms with Crippen LogP contribution >= 0.6 is 0 Å². The van der Waals surface area contributed by atoms with Gasteiger partial charge in [-0.3, -0.25) is 9.48 Å². The van der Waals surface area contributed by atoms with Crippen molar-refractivity contribution in [3.8, 4) is 0 Å². The number of carbonyl (C=O) groups excluding carboxylic acids is 1. The number of aromatic nitrogens is 2. The summed E-state index contributed by atoms with van der Waals surface area (Å²) in [6.45, 7) is 5.33. The molecule has 0 unspecified atom stereocenters. The number of urea groups is 1. The Bertz CT molecular complexity index is 545. The third-order valence-corrected chi connectivity index (χ3v) is 4.21. The van der Waals surface area contributed by atoms with Gasteiger partial charge in [0, 0.05) is 37.9 Å². The molecule has 1 saturated heterocycles. The summed E-state index contributed by atoms with van der Waals surface area (Å²) in [7, 11) is 1.88. The van der Waals surface area contributed by atoms with Gasteiger partial charge in [0.05, 0.1) is 11.6 Å². The Hall–Kier alpha value is -2.05. The summed E-state index contributed by atoms with van der Waals surface area (Å²) in [6.07, 6.45) is 1.04. The number of rotatable bonds is 3. The van der Waals surface area contributed by atoms with Gasteiger partial charge in [-0.15, -0.1) is 0 Å². The summed E-state index contributed by atoms with van der Waals surface area (Å²) >= 11 is 0. The normalized spacial score (nSPS) is 16.0. The molecule has 2 N–H and O–H groups in total. The van der Waals surface area contributed by atoms with E-state index in [1.807, 2.05) is 20.9 Å². The molecule has 7 heteroatoms. The lowest BCUT2D eigenvalue weighted by Gasteiger charge is -2.30. The summed E-state index contributed by atoms with van der Waals surface area (Å²) < 4.78 is 1.80. The van der Waals surface area contributed by atoms with Gasteiger partial charge in [0.2, 0.25) is 0 Å². The zero-order chi connectivity index (χ0) is 15.6. The number of hydrogen-bond donors (Lipinski definition) is 2. The lowest BCUT2D eigenvalue weighted by molar-refractivity contribution is -0.143. The van der Waals surface area contributed by atoms with E-state index in [1.54, 1.807) is 9.58 Å². The number of piperidine rings is 1. The zero-order valence-corrected chi connectivity index (χ0v) is 12.7. The number of hydrogen-bond acceptors (Lipinski definition) is 3. The number of carboxylic acids is 1. The van der Waals surface area contributed by atoms with Crippen LogP contribution in [0.15, 0.2) is 0 Å². The smallest absolute Gasteiger partial charge is 0.317 e. The highest BCUT2D eigenvalue weighted by atomic mass is 16.4. The molecule has 1 aromatic heterocycles. The van der Waals surface area contributed by atoms with E-state index in [-0.39, 0.29) is 11.9 Å². The van der Waals surface area contributed by atoms with Crippen LogP contribution in [-0.4, -0.2) is 44.9 Å². The van der Waals surface area contributed by atoms with Crippen LogP contribution in [0.3, 0.4) is 0 Å². The highest BCUT2D eigenvalue weighted by molar-refractivity contribution is 5.75. The maximum Gasteiger partial charge on any atom is 0.317 e. The molecule has 1 aromatic rings. The maximum absolute atomic E-state index is 12.1. The van der Waals surface area contributed by atoms with Crippen LogP contribution in [0, 0.1) is 19.8 Å². The largest absolute Gasteiger partial charge is 0.481 e. The second-order valence-electron chi connectivity index (χ2n) is 5.53. The summed E-state index contributed by atoms with van der Waals surface area (Å²) in [4.78, 5) is 24.7. The third-order valence-electron chi connectivity index (χ3n) is 4.21. The molecule has 116 valence electrons. The van der Waals surface area contributed by atoms with E-state index >= 15 is 0 Å². The van der Waals surface area contributed by atoms with Gasteiger partial charge in [-0.2, -0.15) is 5.10 Å². The fourth-order valence-corrected chi connectivity index (χ4v) is 2.68. The minimum Gasteiger partial charge on any atom is -0.481 e. The fraction of sp³-hybridized carbons (Fsp3) is 0.643. The van der Waals surface area contributed by atoms with Gasteiger partial charge in [0.15, 0.2) is 0 Å². The van der Waals surface area contributed by atoms with Crippen LogP contribution in [0.25, 0.3) is 0 Å². The molecule has 21 heavy (non-hydrogen) atoms. The second kappa shape index (κ2) is 6.15. The lowest BCUT2D eigenvalue weighted by Crippen LogP contribution is -2.45. The van der Waals surface area contributed by atoms with Crippen LogP contribution in [-0.2, 0) is 18.4 Å². The van der Waals surface area contributed by atoms with Gasteiger partial charge in [-0.1, -0.05) is 0 Å². The number of carboxylic acid groups (broad SMARTS) is 1. The van der Waals surface area contributed by atoms with Crippen molar-refractivity contribution in [3.05, 3.63) is 17.0 Å². The van der Waals surface area contributed by atoms with E-state index in [1.165, 1.54) is 0 Å². The molecule has 7 nitrogen and oxygen atoms in total. The summed E-state index contributed by atoms with van der Waals surface area (Å²) in [5, 5.41) is 16.2. The van der Waals surface area contributed by atoms with E-state index in [2.05, 4.69) is 10.4 Å². The first-order valence-corrected chi connectivity index (χ1v) is 7.14. The van der Waals surface area contributed by atoms with Crippen molar-refractivity contribution in [2.45, 2.75) is 33.2 Å². The maximum atomic E-state index is 12.1. The van der Waals surface area contributed by atoms with E-state index in [0.717, 1.165) is 17.0 Å². The van der Waals surface area contributed by atoms with Crippen molar-refractivity contribution in [2.75, 3.05) is 13.1 Å². The van der Waals surface area contributed by atoms with Crippen molar-refractivity contribution in [3.63, 3.8) is 0 Å². The van der Waals surface area contributed by atoms with Gasteiger partial charge < -0.3 is 15.3 Å². The first-order chi connectivity index (χ1) is 9.90. The molecule has 2 rings (SSSR count). The van der Waals surface area contributed by atoms with E-state index in [0.29, 0.717) is 32.5 Å². The number of aryl methyl sites for hydroxylation is 2. The number of nitrogens with zero attached hydrogens (tertiary/aromatic N) is 3. The highest BCUT2D eigenvalue weighted by Crippen LogP contribution is 2.17. The van der Waals surface area contributed by atoms with Gasteiger partial charge >= 0.3 is 12.0 Å². The molecule has 1 aliphatic rings. The van der Waals surface area contributed by atoms with Gasteiger partial charge in [-0.25, -0.2) is 4.79 Å². The molecule has 1 aliphatic heterocycles. The predicted molar refractivity (Wildman–Crippen MR) is 76.9 cm³/mol. The monoisotopic (exact) mass is 294 g/mol. The topological polar surface area (TPSA) is 87.5 Å². The highest BCUT2D eigenvalue weighted by Gasteiger charge is 2.27. The SMILES string of the molecule is Cc1nn(C)c(C)c1CNC(=O)N1CCC(C(=O)O)CC1. The van der Waals surface area contributed by atoms with Crippen LogP contribution in [0.4, 0.5) is 4.79 Å². The molecule has 2 amide bonds. The van der Waals surface area contributed by atoms with Crippen LogP contribution < -0.4 is 5.32 Å². The van der Waals surface area contributed by atoms with E-state index < -0.39 is 5.97 Å².